The van der Waals surface area contributed by atoms with Gasteiger partial charge >= 0.3 is 0 Å². The van der Waals surface area contributed by atoms with Crippen LogP contribution in [0.15, 0.2) is 23.7 Å². The molecule has 2 aromatic rings. The van der Waals surface area contributed by atoms with Crippen molar-refractivity contribution < 1.29 is 8.42 Å². The molecular formula is C15H20N2O2S2. The van der Waals surface area contributed by atoms with Crippen LogP contribution >= 0.6 is 11.3 Å². The molecule has 0 spiro atoms. The van der Waals surface area contributed by atoms with E-state index in [1.165, 1.54) is 6.26 Å². The number of thiophene rings is 1. The zero-order valence-corrected chi connectivity index (χ0v) is 13.7. The van der Waals surface area contributed by atoms with Crippen LogP contribution in [0.25, 0.3) is 10.2 Å². The zero-order valence-electron chi connectivity index (χ0n) is 12.0. The number of fused-ring (bicyclic) bond motifs is 1. The van der Waals surface area contributed by atoms with Gasteiger partial charge in [-0.1, -0.05) is 6.42 Å². The van der Waals surface area contributed by atoms with Crippen molar-refractivity contribution in [1.29, 1.82) is 0 Å². The van der Waals surface area contributed by atoms with Gasteiger partial charge in [0.05, 0.1) is 15.5 Å². The minimum Gasteiger partial charge on any atom is -0.324 e. The van der Waals surface area contributed by atoms with Crippen molar-refractivity contribution in [2.24, 2.45) is 11.7 Å². The number of hydrogen-bond donors (Lipinski definition) is 1. The van der Waals surface area contributed by atoms with Crippen molar-refractivity contribution >= 4 is 31.4 Å². The number of rotatable bonds is 3. The molecule has 1 saturated carbocycles. The Morgan fingerprint density at radius 1 is 1.43 bits per heavy atom. The van der Waals surface area contributed by atoms with Crippen LogP contribution in [0.5, 0.6) is 0 Å². The van der Waals surface area contributed by atoms with Crippen LogP contribution in [0.1, 0.15) is 37.3 Å². The average Bonchev–Trinajstić information content (AvgIpc) is 2.93. The molecule has 3 unspecified atom stereocenters. The number of nitrogens with zero attached hydrogens (tertiary/aromatic N) is 1. The lowest BCUT2D eigenvalue weighted by atomic mass is 9.81. The fraction of sp³-hybridized carbons (Fsp3) is 0.533. The van der Waals surface area contributed by atoms with Crippen molar-refractivity contribution in [1.82, 2.24) is 4.98 Å². The van der Waals surface area contributed by atoms with Crippen molar-refractivity contribution in [3.8, 4) is 0 Å². The Kier molecular flexibility index (Phi) is 4.03. The maximum atomic E-state index is 11.8. The summed E-state index contributed by atoms with van der Waals surface area (Å²) in [6.45, 7) is 0. The fourth-order valence-electron chi connectivity index (χ4n) is 3.21. The quantitative estimate of drug-likeness (QED) is 0.942. The first-order valence-corrected chi connectivity index (χ1v) is 10.1. The normalized spacial score (nSPS) is 25.0. The molecule has 6 heteroatoms. The second kappa shape index (κ2) is 5.66. The van der Waals surface area contributed by atoms with Crippen molar-refractivity contribution in [2.45, 2.75) is 37.0 Å². The van der Waals surface area contributed by atoms with Crippen molar-refractivity contribution in [2.75, 3.05) is 6.26 Å². The third-order valence-corrected chi connectivity index (χ3v) is 6.98. The summed E-state index contributed by atoms with van der Waals surface area (Å²) >= 11 is 1.66. The van der Waals surface area contributed by atoms with Gasteiger partial charge in [0, 0.05) is 18.5 Å². The predicted molar refractivity (Wildman–Crippen MR) is 87.1 cm³/mol. The molecule has 3 rings (SSSR count). The lowest BCUT2D eigenvalue weighted by molar-refractivity contribution is 0.308. The summed E-state index contributed by atoms with van der Waals surface area (Å²) < 4.78 is 24.7. The highest BCUT2D eigenvalue weighted by atomic mass is 32.2. The van der Waals surface area contributed by atoms with Gasteiger partial charge in [-0.2, -0.15) is 0 Å². The molecule has 3 atom stereocenters. The van der Waals surface area contributed by atoms with Crippen LogP contribution < -0.4 is 5.73 Å². The van der Waals surface area contributed by atoms with Gasteiger partial charge in [0.15, 0.2) is 0 Å². The first-order valence-electron chi connectivity index (χ1n) is 7.23. The molecule has 1 aliphatic carbocycles. The average molecular weight is 324 g/mol. The SMILES string of the molecule is CS(=O)(=O)C1CCCC(C(N)c2cnc3ccsc3c2)C1. The lowest BCUT2D eigenvalue weighted by Gasteiger charge is -2.32. The van der Waals surface area contributed by atoms with Crippen molar-refractivity contribution in [3.05, 3.63) is 29.3 Å². The van der Waals surface area contributed by atoms with Gasteiger partial charge in [-0.05, 0) is 48.3 Å². The minimum absolute atomic E-state index is 0.131. The number of sulfone groups is 1. The number of nitrogens with two attached hydrogens (primary N) is 1. The fourth-order valence-corrected chi connectivity index (χ4v) is 5.19. The van der Waals surface area contributed by atoms with Gasteiger partial charge in [0.1, 0.15) is 9.84 Å². The second-order valence-corrected chi connectivity index (χ2v) is 9.25. The Morgan fingerprint density at radius 2 is 2.24 bits per heavy atom. The van der Waals surface area contributed by atoms with E-state index in [0.29, 0.717) is 6.42 Å². The van der Waals surface area contributed by atoms with Crippen LogP contribution in [0.2, 0.25) is 0 Å². The van der Waals surface area contributed by atoms with E-state index in [2.05, 4.69) is 11.1 Å². The summed E-state index contributed by atoms with van der Waals surface area (Å²) in [4.78, 5) is 4.44. The van der Waals surface area contributed by atoms with Crippen LogP contribution in [0, 0.1) is 5.92 Å². The Bertz CT molecular complexity index is 739. The third kappa shape index (κ3) is 3.12. The molecule has 0 aromatic carbocycles. The van der Waals surface area contributed by atoms with E-state index in [0.717, 1.165) is 35.0 Å². The van der Waals surface area contributed by atoms with E-state index in [4.69, 9.17) is 5.73 Å². The van der Waals surface area contributed by atoms with E-state index < -0.39 is 9.84 Å². The monoisotopic (exact) mass is 324 g/mol. The summed E-state index contributed by atoms with van der Waals surface area (Å²) in [6.07, 6.45) is 6.54. The van der Waals surface area contributed by atoms with E-state index in [-0.39, 0.29) is 17.2 Å². The highest BCUT2D eigenvalue weighted by Gasteiger charge is 2.32. The first-order chi connectivity index (χ1) is 9.95. The molecule has 1 aliphatic rings. The van der Waals surface area contributed by atoms with Gasteiger partial charge in [-0.3, -0.25) is 4.98 Å². The maximum Gasteiger partial charge on any atom is 0.150 e. The van der Waals surface area contributed by atoms with Gasteiger partial charge in [-0.25, -0.2) is 8.42 Å². The second-order valence-electron chi connectivity index (χ2n) is 5.98. The summed E-state index contributed by atoms with van der Waals surface area (Å²) in [7, 11) is -2.97. The first kappa shape index (κ1) is 14.9. The van der Waals surface area contributed by atoms with Crippen LogP contribution in [0.3, 0.4) is 0 Å². The van der Waals surface area contributed by atoms with Crippen LogP contribution in [-0.4, -0.2) is 24.9 Å². The highest BCUT2D eigenvalue weighted by Crippen LogP contribution is 2.36. The maximum absolute atomic E-state index is 11.8. The molecule has 1 fully saturated rings. The number of hydrogen-bond acceptors (Lipinski definition) is 5. The summed E-state index contributed by atoms with van der Waals surface area (Å²) in [5, 5.41) is 1.79. The van der Waals surface area contributed by atoms with Gasteiger partial charge in [0.25, 0.3) is 0 Å². The smallest absolute Gasteiger partial charge is 0.150 e. The van der Waals surface area contributed by atoms with Crippen LogP contribution in [-0.2, 0) is 9.84 Å². The molecule has 0 saturated heterocycles. The molecule has 0 radical (unpaired) electrons. The zero-order chi connectivity index (χ0) is 15.0. The summed E-state index contributed by atoms with van der Waals surface area (Å²) in [5.74, 6) is 0.220. The van der Waals surface area contributed by atoms with Gasteiger partial charge in [0.2, 0.25) is 0 Å². The minimum atomic E-state index is -2.97. The molecule has 114 valence electrons. The number of aromatic nitrogens is 1. The Balaban J connectivity index is 1.82. The Hall–Kier alpha value is -0.980. The van der Waals surface area contributed by atoms with E-state index >= 15 is 0 Å². The van der Waals surface area contributed by atoms with Gasteiger partial charge in [-0.15, -0.1) is 11.3 Å². The summed E-state index contributed by atoms with van der Waals surface area (Å²) in [5.41, 5.74) is 8.42. The summed E-state index contributed by atoms with van der Waals surface area (Å²) in [6, 6.07) is 3.96. The molecule has 0 bridgehead atoms. The Morgan fingerprint density at radius 3 is 3.00 bits per heavy atom. The molecule has 0 aliphatic heterocycles. The Labute approximate surface area is 129 Å². The van der Waals surface area contributed by atoms with E-state index in [9.17, 15) is 8.42 Å². The highest BCUT2D eigenvalue weighted by molar-refractivity contribution is 7.91. The number of pyridine rings is 1. The van der Waals surface area contributed by atoms with E-state index in [1.54, 1.807) is 11.3 Å². The van der Waals surface area contributed by atoms with E-state index in [1.807, 2.05) is 17.6 Å². The largest absolute Gasteiger partial charge is 0.324 e. The molecule has 4 nitrogen and oxygen atoms in total. The van der Waals surface area contributed by atoms with Crippen LogP contribution in [0.4, 0.5) is 0 Å². The third-order valence-electron chi connectivity index (χ3n) is 4.49. The molecular weight excluding hydrogens is 304 g/mol. The topological polar surface area (TPSA) is 73.0 Å². The standard InChI is InChI=1S/C15H20N2O2S2/c1-21(18,19)12-4-2-3-10(7-12)15(16)11-8-14-13(17-9-11)5-6-20-14/h5-6,8-10,12,15H,2-4,7,16H2,1H3. The molecule has 21 heavy (non-hydrogen) atoms. The molecule has 2 heterocycles. The molecule has 0 amide bonds. The molecule has 2 N–H and O–H groups in total. The van der Waals surface area contributed by atoms with Gasteiger partial charge < -0.3 is 5.73 Å². The van der Waals surface area contributed by atoms with Crippen molar-refractivity contribution in [3.63, 3.8) is 0 Å². The lowest BCUT2D eigenvalue weighted by Crippen LogP contribution is -2.33. The predicted octanol–water partition coefficient (Wildman–Crippen LogP) is 2.90. The molecule has 2 aromatic heterocycles.